The fraction of sp³-hybridized carbons (Fsp3) is 0.0909. The van der Waals surface area contributed by atoms with Gasteiger partial charge in [0.1, 0.15) is 18.1 Å². The van der Waals surface area contributed by atoms with Gasteiger partial charge >= 0.3 is 0 Å². The highest BCUT2D eigenvalue weighted by Gasteiger charge is 2.10. The van der Waals surface area contributed by atoms with Crippen LogP contribution in [0.4, 0.5) is 0 Å². The van der Waals surface area contributed by atoms with Crippen molar-refractivity contribution in [3.8, 4) is 11.5 Å². The lowest BCUT2D eigenvalue weighted by Gasteiger charge is -2.08. The number of amides is 1. The molecule has 0 bridgehead atoms. The second-order valence-electron chi connectivity index (χ2n) is 5.99. The number of hydrazone groups is 1. The zero-order chi connectivity index (χ0) is 20.6. The fourth-order valence-corrected chi connectivity index (χ4v) is 2.97. The highest BCUT2D eigenvalue weighted by Crippen LogP contribution is 2.23. The molecule has 7 heteroatoms. The van der Waals surface area contributed by atoms with Gasteiger partial charge in [0.2, 0.25) is 0 Å². The normalized spacial score (nSPS) is 10.7. The molecule has 1 amide bonds. The standard InChI is InChI=1S/C22H18Cl2N2O3/c1-28-21-5-3-2-4-19(21)22(27)26-25-13-15-6-10-18(11-7-15)29-14-16-8-9-17(23)12-20(16)24/h2-13H,14H2,1H3,(H,26,27)/b25-13-. The highest BCUT2D eigenvalue weighted by molar-refractivity contribution is 6.35. The largest absolute Gasteiger partial charge is 0.496 e. The van der Waals surface area contributed by atoms with E-state index in [2.05, 4.69) is 10.5 Å². The molecule has 0 unspecified atom stereocenters. The molecule has 0 saturated carbocycles. The molecule has 29 heavy (non-hydrogen) atoms. The van der Waals surface area contributed by atoms with Crippen molar-refractivity contribution in [2.75, 3.05) is 7.11 Å². The third-order valence-electron chi connectivity index (χ3n) is 4.02. The zero-order valence-corrected chi connectivity index (χ0v) is 17.1. The first-order valence-corrected chi connectivity index (χ1v) is 9.45. The van der Waals surface area contributed by atoms with E-state index in [4.69, 9.17) is 32.7 Å². The number of carbonyl (C=O) groups excluding carboxylic acids is 1. The summed E-state index contributed by atoms with van der Waals surface area (Å²) in [5.41, 5.74) is 4.56. The first-order valence-electron chi connectivity index (χ1n) is 8.70. The van der Waals surface area contributed by atoms with E-state index in [1.807, 2.05) is 30.3 Å². The molecule has 0 aliphatic heterocycles. The van der Waals surface area contributed by atoms with Crippen LogP contribution in [0.2, 0.25) is 10.0 Å². The van der Waals surface area contributed by atoms with Gasteiger partial charge in [0.05, 0.1) is 18.9 Å². The van der Waals surface area contributed by atoms with Gasteiger partial charge in [0.15, 0.2) is 0 Å². The van der Waals surface area contributed by atoms with Crippen LogP contribution >= 0.6 is 23.2 Å². The zero-order valence-electron chi connectivity index (χ0n) is 15.6. The lowest BCUT2D eigenvalue weighted by Crippen LogP contribution is -2.18. The van der Waals surface area contributed by atoms with E-state index in [0.29, 0.717) is 33.7 Å². The lowest BCUT2D eigenvalue weighted by atomic mass is 10.2. The molecule has 0 fully saturated rings. The molecule has 0 aliphatic carbocycles. The number of benzene rings is 3. The van der Waals surface area contributed by atoms with Gasteiger partial charge in [0.25, 0.3) is 5.91 Å². The van der Waals surface area contributed by atoms with E-state index < -0.39 is 0 Å². The molecule has 3 aromatic rings. The third kappa shape index (κ3) is 5.73. The molecule has 0 spiro atoms. The van der Waals surface area contributed by atoms with Crippen molar-refractivity contribution >= 4 is 35.3 Å². The maximum absolute atomic E-state index is 12.2. The van der Waals surface area contributed by atoms with Gasteiger partial charge in [-0.2, -0.15) is 5.10 Å². The van der Waals surface area contributed by atoms with Crippen LogP contribution in [0.25, 0.3) is 0 Å². The number of nitrogens with one attached hydrogen (secondary N) is 1. The van der Waals surface area contributed by atoms with Crippen LogP contribution in [0.3, 0.4) is 0 Å². The predicted molar refractivity (Wildman–Crippen MR) is 115 cm³/mol. The van der Waals surface area contributed by atoms with E-state index in [1.54, 1.807) is 42.6 Å². The topological polar surface area (TPSA) is 59.9 Å². The van der Waals surface area contributed by atoms with E-state index in [9.17, 15) is 4.79 Å². The van der Waals surface area contributed by atoms with Gasteiger partial charge in [-0.25, -0.2) is 5.43 Å². The summed E-state index contributed by atoms with van der Waals surface area (Å²) in [6.45, 7) is 0.332. The highest BCUT2D eigenvalue weighted by atomic mass is 35.5. The monoisotopic (exact) mass is 428 g/mol. The van der Waals surface area contributed by atoms with E-state index in [1.165, 1.54) is 7.11 Å². The van der Waals surface area contributed by atoms with Gasteiger partial charge in [-0.15, -0.1) is 0 Å². The minimum absolute atomic E-state index is 0.332. The van der Waals surface area contributed by atoms with Gasteiger partial charge in [0, 0.05) is 15.6 Å². The smallest absolute Gasteiger partial charge is 0.275 e. The van der Waals surface area contributed by atoms with Crippen molar-refractivity contribution in [2.24, 2.45) is 5.10 Å². The average molecular weight is 429 g/mol. The molecule has 5 nitrogen and oxygen atoms in total. The number of hydrogen-bond donors (Lipinski definition) is 1. The molecule has 0 aliphatic rings. The van der Waals surface area contributed by atoms with Crippen LogP contribution in [0, 0.1) is 0 Å². The summed E-state index contributed by atoms with van der Waals surface area (Å²) in [4.78, 5) is 12.2. The Bertz CT molecular complexity index is 1020. The third-order valence-corrected chi connectivity index (χ3v) is 4.61. The summed E-state index contributed by atoms with van der Waals surface area (Å²) in [7, 11) is 1.51. The van der Waals surface area contributed by atoms with Crippen LogP contribution in [-0.2, 0) is 6.61 Å². The van der Waals surface area contributed by atoms with Gasteiger partial charge in [-0.3, -0.25) is 4.79 Å². The maximum atomic E-state index is 12.2. The molecule has 0 aromatic heterocycles. The molecule has 0 atom stereocenters. The molecule has 0 radical (unpaired) electrons. The van der Waals surface area contributed by atoms with Crippen LogP contribution in [-0.4, -0.2) is 19.2 Å². The Balaban J connectivity index is 1.55. The summed E-state index contributed by atoms with van der Waals surface area (Å²) in [5.74, 6) is 0.826. The van der Waals surface area contributed by atoms with Crippen molar-refractivity contribution in [2.45, 2.75) is 6.61 Å². The molecular formula is C22H18Cl2N2O3. The second kappa shape index (κ2) is 9.96. The molecule has 0 saturated heterocycles. The van der Waals surface area contributed by atoms with E-state index >= 15 is 0 Å². The Labute approximate surface area is 178 Å². The Morgan fingerprint density at radius 3 is 2.55 bits per heavy atom. The summed E-state index contributed by atoms with van der Waals surface area (Å²) in [5, 5.41) is 5.13. The molecule has 3 aromatic carbocycles. The van der Waals surface area contributed by atoms with Crippen LogP contribution in [0.5, 0.6) is 11.5 Å². The summed E-state index contributed by atoms with van der Waals surface area (Å²) < 4.78 is 10.9. The fourth-order valence-electron chi connectivity index (χ4n) is 2.51. The van der Waals surface area contributed by atoms with Crippen LogP contribution in [0.15, 0.2) is 71.8 Å². The summed E-state index contributed by atoms with van der Waals surface area (Å²) in [6, 6.07) is 19.5. The second-order valence-corrected chi connectivity index (χ2v) is 6.84. The van der Waals surface area contributed by atoms with Crippen LogP contribution < -0.4 is 14.9 Å². The molecule has 3 rings (SSSR count). The predicted octanol–water partition coefficient (Wildman–Crippen LogP) is 5.34. The first kappa shape index (κ1) is 20.7. The number of nitrogens with zero attached hydrogens (tertiary/aromatic N) is 1. The lowest BCUT2D eigenvalue weighted by molar-refractivity contribution is 0.0952. The number of hydrogen-bond acceptors (Lipinski definition) is 4. The maximum Gasteiger partial charge on any atom is 0.275 e. The van der Waals surface area contributed by atoms with Crippen molar-refractivity contribution in [3.63, 3.8) is 0 Å². The molecule has 1 N–H and O–H groups in total. The Morgan fingerprint density at radius 2 is 1.83 bits per heavy atom. The molecule has 0 heterocycles. The van der Waals surface area contributed by atoms with Crippen molar-refractivity contribution in [3.05, 3.63) is 93.5 Å². The molecule has 148 valence electrons. The SMILES string of the molecule is COc1ccccc1C(=O)N/N=C\c1ccc(OCc2ccc(Cl)cc2Cl)cc1. The number of methoxy groups -OCH3 is 1. The summed E-state index contributed by atoms with van der Waals surface area (Å²) in [6.07, 6.45) is 1.55. The van der Waals surface area contributed by atoms with Crippen molar-refractivity contribution in [1.82, 2.24) is 5.43 Å². The number of para-hydroxylation sites is 1. The van der Waals surface area contributed by atoms with Crippen LogP contribution in [0.1, 0.15) is 21.5 Å². The summed E-state index contributed by atoms with van der Waals surface area (Å²) >= 11 is 12.0. The van der Waals surface area contributed by atoms with Gasteiger partial charge in [-0.1, -0.05) is 41.4 Å². The van der Waals surface area contributed by atoms with Crippen molar-refractivity contribution < 1.29 is 14.3 Å². The number of ether oxygens (including phenoxy) is 2. The number of halogens is 2. The Kier molecular flexibility index (Phi) is 7.11. The first-order chi connectivity index (χ1) is 14.1. The quantitative estimate of drug-likeness (QED) is 0.407. The average Bonchev–Trinajstić information content (AvgIpc) is 2.74. The minimum atomic E-state index is -0.349. The number of rotatable bonds is 7. The van der Waals surface area contributed by atoms with Gasteiger partial charge in [-0.05, 0) is 54.1 Å². The van der Waals surface area contributed by atoms with Crippen molar-refractivity contribution in [1.29, 1.82) is 0 Å². The van der Waals surface area contributed by atoms with E-state index in [-0.39, 0.29) is 5.91 Å². The van der Waals surface area contributed by atoms with E-state index in [0.717, 1.165) is 11.1 Å². The molecular weight excluding hydrogens is 411 g/mol. The van der Waals surface area contributed by atoms with Gasteiger partial charge < -0.3 is 9.47 Å². The Hall–Kier alpha value is -3.02. The Morgan fingerprint density at radius 1 is 1.07 bits per heavy atom. The number of carbonyl (C=O) groups is 1. The minimum Gasteiger partial charge on any atom is -0.496 e.